The first-order chi connectivity index (χ1) is 9.05. The largest absolute Gasteiger partial charge is 0.346 e. The fraction of sp³-hybridized carbons (Fsp3) is 0.625. The molecule has 3 heteroatoms. The molecular weight excluding hydrogens is 236 g/mol. The Hall–Kier alpha value is -1.38. The number of rotatable bonds is 8. The molecule has 106 valence electrons. The van der Waals surface area contributed by atoms with Crippen molar-refractivity contribution in [2.75, 3.05) is 0 Å². The van der Waals surface area contributed by atoms with Crippen LogP contribution in [-0.2, 0) is 0 Å². The Bertz CT molecular complexity index is 374. The minimum atomic E-state index is -0.166. The molecule has 1 aromatic heterocycles. The Labute approximate surface area is 116 Å². The third kappa shape index (κ3) is 6.37. The number of hydrogen-bond donors (Lipinski definition) is 1. The third-order valence-corrected chi connectivity index (χ3v) is 3.25. The molecule has 3 nitrogen and oxygen atoms in total. The van der Waals surface area contributed by atoms with E-state index in [9.17, 15) is 4.79 Å². The number of unbranched alkanes of at least 4 members (excludes halogenated alkanes) is 4. The molecule has 0 saturated heterocycles. The lowest BCUT2D eigenvalue weighted by Gasteiger charge is -2.26. The summed E-state index contributed by atoms with van der Waals surface area (Å²) in [6, 6.07) is 5.39. The van der Waals surface area contributed by atoms with E-state index < -0.39 is 0 Å². The second kappa shape index (κ2) is 7.93. The summed E-state index contributed by atoms with van der Waals surface area (Å²) in [5, 5.41) is 3.06. The smallest absolute Gasteiger partial charge is 0.270 e. The van der Waals surface area contributed by atoms with Crippen molar-refractivity contribution >= 4 is 5.91 Å². The summed E-state index contributed by atoms with van der Waals surface area (Å²) in [7, 11) is 0. The third-order valence-electron chi connectivity index (χ3n) is 3.25. The van der Waals surface area contributed by atoms with Crippen molar-refractivity contribution in [3.63, 3.8) is 0 Å². The minimum Gasteiger partial charge on any atom is -0.346 e. The Kier molecular flexibility index (Phi) is 6.54. The first-order valence-electron chi connectivity index (χ1n) is 7.29. The number of carbonyl (C=O) groups excluding carboxylic acids is 1. The molecule has 0 saturated carbocycles. The lowest BCUT2D eigenvalue weighted by molar-refractivity contribution is 0.0903. The van der Waals surface area contributed by atoms with Crippen LogP contribution in [0.3, 0.4) is 0 Å². The van der Waals surface area contributed by atoms with Gasteiger partial charge in [0, 0.05) is 11.7 Å². The minimum absolute atomic E-state index is 0.0841. The highest BCUT2D eigenvalue weighted by molar-refractivity contribution is 5.92. The molecule has 0 aromatic carbocycles. The summed E-state index contributed by atoms with van der Waals surface area (Å²) in [5.41, 5.74) is 0.322. The van der Waals surface area contributed by atoms with Crippen LogP contribution >= 0.6 is 0 Å². The first-order valence-corrected chi connectivity index (χ1v) is 7.29. The van der Waals surface area contributed by atoms with Gasteiger partial charge in [0.2, 0.25) is 0 Å². The molecule has 0 radical (unpaired) electrons. The maximum Gasteiger partial charge on any atom is 0.270 e. The SMILES string of the molecule is CCCCCCCC(C)(C)NC(=O)c1ccccn1. The van der Waals surface area contributed by atoms with Gasteiger partial charge in [-0.2, -0.15) is 0 Å². The van der Waals surface area contributed by atoms with E-state index in [4.69, 9.17) is 0 Å². The van der Waals surface area contributed by atoms with Crippen LogP contribution in [0.5, 0.6) is 0 Å². The van der Waals surface area contributed by atoms with Crippen molar-refractivity contribution in [3.8, 4) is 0 Å². The fourth-order valence-corrected chi connectivity index (χ4v) is 2.10. The number of aromatic nitrogens is 1. The molecule has 0 aliphatic carbocycles. The number of amides is 1. The molecule has 0 fully saturated rings. The highest BCUT2D eigenvalue weighted by atomic mass is 16.2. The van der Waals surface area contributed by atoms with E-state index in [-0.39, 0.29) is 11.4 Å². The quantitative estimate of drug-likeness (QED) is 0.721. The Morgan fingerprint density at radius 2 is 1.95 bits per heavy atom. The molecule has 0 unspecified atom stereocenters. The van der Waals surface area contributed by atoms with Gasteiger partial charge in [-0.05, 0) is 32.4 Å². The van der Waals surface area contributed by atoms with Crippen LogP contribution in [0.25, 0.3) is 0 Å². The van der Waals surface area contributed by atoms with Gasteiger partial charge < -0.3 is 5.32 Å². The van der Waals surface area contributed by atoms with Gasteiger partial charge >= 0.3 is 0 Å². The van der Waals surface area contributed by atoms with Crippen LogP contribution in [0.4, 0.5) is 0 Å². The van der Waals surface area contributed by atoms with Crippen molar-refractivity contribution in [2.45, 2.75) is 64.8 Å². The molecule has 1 heterocycles. The zero-order valence-electron chi connectivity index (χ0n) is 12.4. The predicted molar refractivity (Wildman–Crippen MR) is 79.2 cm³/mol. The van der Waals surface area contributed by atoms with E-state index in [2.05, 4.69) is 31.1 Å². The van der Waals surface area contributed by atoms with Gasteiger partial charge in [0.25, 0.3) is 5.91 Å². The van der Waals surface area contributed by atoms with Crippen LogP contribution in [0.1, 0.15) is 69.8 Å². The van der Waals surface area contributed by atoms with Crippen molar-refractivity contribution in [2.24, 2.45) is 0 Å². The van der Waals surface area contributed by atoms with Gasteiger partial charge in [-0.1, -0.05) is 45.1 Å². The zero-order chi connectivity index (χ0) is 14.1. The summed E-state index contributed by atoms with van der Waals surface area (Å²) in [6.07, 6.45) is 8.93. The number of nitrogens with zero attached hydrogens (tertiary/aromatic N) is 1. The molecular formula is C16H26N2O. The van der Waals surface area contributed by atoms with Crippen LogP contribution < -0.4 is 5.32 Å². The van der Waals surface area contributed by atoms with Gasteiger partial charge in [0.15, 0.2) is 0 Å². The van der Waals surface area contributed by atoms with Gasteiger partial charge in [-0.15, -0.1) is 0 Å². The molecule has 0 spiro atoms. The highest BCUT2D eigenvalue weighted by Gasteiger charge is 2.20. The summed E-state index contributed by atoms with van der Waals surface area (Å²) < 4.78 is 0. The second-order valence-corrected chi connectivity index (χ2v) is 5.72. The number of carbonyl (C=O) groups is 1. The molecule has 0 aliphatic rings. The fourth-order valence-electron chi connectivity index (χ4n) is 2.10. The van der Waals surface area contributed by atoms with E-state index in [1.807, 2.05) is 12.1 Å². The average Bonchev–Trinajstić information content (AvgIpc) is 2.39. The molecule has 0 bridgehead atoms. The van der Waals surface area contributed by atoms with Gasteiger partial charge in [0.1, 0.15) is 5.69 Å². The molecule has 1 amide bonds. The van der Waals surface area contributed by atoms with E-state index in [0.29, 0.717) is 5.69 Å². The van der Waals surface area contributed by atoms with Crippen LogP contribution in [-0.4, -0.2) is 16.4 Å². The summed E-state index contributed by atoms with van der Waals surface area (Å²) in [6.45, 7) is 6.37. The standard InChI is InChI=1S/C16H26N2O/c1-4-5-6-7-9-12-16(2,3)18-15(19)14-11-8-10-13-17-14/h8,10-11,13H,4-7,9,12H2,1-3H3,(H,18,19). The number of pyridine rings is 1. The predicted octanol–water partition coefficient (Wildman–Crippen LogP) is 3.95. The van der Waals surface area contributed by atoms with Crippen molar-refractivity contribution in [1.82, 2.24) is 10.3 Å². The maximum absolute atomic E-state index is 12.0. The maximum atomic E-state index is 12.0. The van der Waals surface area contributed by atoms with E-state index >= 15 is 0 Å². The van der Waals surface area contributed by atoms with Crippen LogP contribution in [0.15, 0.2) is 24.4 Å². The number of hydrogen-bond acceptors (Lipinski definition) is 2. The highest BCUT2D eigenvalue weighted by Crippen LogP contribution is 2.15. The lowest BCUT2D eigenvalue weighted by Crippen LogP contribution is -2.43. The monoisotopic (exact) mass is 262 g/mol. The Balaban J connectivity index is 2.35. The summed E-state index contributed by atoms with van der Waals surface area (Å²) in [4.78, 5) is 16.1. The van der Waals surface area contributed by atoms with E-state index in [1.165, 1.54) is 25.7 Å². The summed E-state index contributed by atoms with van der Waals surface area (Å²) in [5.74, 6) is -0.0841. The second-order valence-electron chi connectivity index (χ2n) is 5.72. The van der Waals surface area contributed by atoms with E-state index in [1.54, 1.807) is 12.3 Å². The molecule has 1 aromatic rings. The van der Waals surface area contributed by atoms with Crippen molar-refractivity contribution in [1.29, 1.82) is 0 Å². The van der Waals surface area contributed by atoms with E-state index in [0.717, 1.165) is 12.8 Å². The molecule has 1 N–H and O–H groups in total. The average molecular weight is 262 g/mol. The van der Waals surface area contributed by atoms with Gasteiger partial charge in [-0.25, -0.2) is 0 Å². The van der Waals surface area contributed by atoms with Gasteiger partial charge in [-0.3, -0.25) is 9.78 Å². The van der Waals surface area contributed by atoms with Crippen LogP contribution in [0, 0.1) is 0 Å². The van der Waals surface area contributed by atoms with Crippen molar-refractivity contribution in [3.05, 3.63) is 30.1 Å². The summed E-state index contributed by atoms with van der Waals surface area (Å²) >= 11 is 0. The van der Waals surface area contributed by atoms with Gasteiger partial charge in [0.05, 0.1) is 0 Å². The molecule has 0 aliphatic heterocycles. The van der Waals surface area contributed by atoms with Crippen molar-refractivity contribution < 1.29 is 4.79 Å². The number of nitrogens with one attached hydrogen (secondary N) is 1. The molecule has 1 rings (SSSR count). The normalized spacial score (nSPS) is 11.3. The topological polar surface area (TPSA) is 42.0 Å². The lowest BCUT2D eigenvalue weighted by atomic mass is 9.96. The zero-order valence-corrected chi connectivity index (χ0v) is 12.4. The molecule has 0 atom stereocenters. The Morgan fingerprint density at radius 3 is 2.58 bits per heavy atom. The Morgan fingerprint density at radius 1 is 1.21 bits per heavy atom. The first kappa shape index (κ1) is 15.7. The molecule has 19 heavy (non-hydrogen) atoms. The van der Waals surface area contributed by atoms with Crippen LogP contribution in [0.2, 0.25) is 0 Å².